The highest BCUT2D eigenvalue weighted by Gasteiger charge is 2.24. The second kappa shape index (κ2) is 26.2. The molecule has 0 bridgehead atoms. The van der Waals surface area contributed by atoms with Crippen molar-refractivity contribution in [3.05, 3.63) is 95.1 Å². The summed E-state index contributed by atoms with van der Waals surface area (Å²) in [5, 5.41) is 22.4. The van der Waals surface area contributed by atoms with Gasteiger partial charge in [-0.2, -0.15) is 10.2 Å². The summed E-state index contributed by atoms with van der Waals surface area (Å²) in [6.45, 7) is 15.7. The van der Waals surface area contributed by atoms with Crippen LogP contribution in [0.15, 0.2) is 98.3 Å². The second-order valence-electron chi connectivity index (χ2n) is 16.5. The van der Waals surface area contributed by atoms with E-state index in [1.54, 1.807) is 36.4 Å². The molecule has 2 heterocycles. The van der Waals surface area contributed by atoms with E-state index in [0.717, 1.165) is 50.1 Å². The highest BCUT2D eigenvalue weighted by molar-refractivity contribution is 6.10. The summed E-state index contributed by atoms with van der Waals surface area (Å²) in [7, 11) is 1.48. The van der Waals surface area contributed by atoms with Crippen molar-refractivity contribution in [2.75, 3.05) is 51.7 Å². The Kier molecular flexibility index (Phi) is 20.2. The van der Waals surface area contributed by atoms with Crippen LogP contribution in [0.5, 0.6) is 0 Å². The van der Waals surface area contributed by atoms with E-state index in [0.29, 0.717) is 59.1 Å². The van der Waals surface area contributed by atoms with Crippen LogP contribution in [0.2, 0.25) is 0 Å². The van der Waals surface area contributed by atoms with Crippen molar-refractivity contribution in [3.63, 3.8) is 0 Å². The summed E-state index contributed by atoms with van der Waals surface area (Å²) in [4.78, 5) is 53.7. The van der Waals surface area contributed by atoms with E-state index in [4.69, 9.17) is 14.3 Å². The van der Waals surface area contributed by atoms with E-state index in [2.05, 4.69) is 65.2 Å². The number of carbonyl (C=O) groups is 3. The minimum atomic E-state index is -1.38. The number of Topliss-reactive ketones (excluding diaryl/α,β-unsaturated/α-hetero) is 1. The number of carbonyl (C=O) groups excluding carboxylic acids is 3. The maximum absolute atomic E-state index is 13.3. The molecule has 0 aliphatic carbocycles. The van der Waals surface area contributed by atoms with Crippen molar-refractivity contribution in [2.24, 2.45) is 25.4 Å². The molecule has 2 saturated heterocycles. The fourth-order valence-corrected chi connectivity index (χ4v) is 7.60. The molecule has 16 nitrogen and oxygen atoms in total. The Bertz CT molecular complexity index is 2090. The van der Waals surface area contributed by atoms with Gasteiger partial charge in [-0.15, -0.1) is 10.2 Å². The summed E-state index contributed by atoms with van der Waals surface area (Å²) < 4.78 is 10.8. The number of hydrogen-bond acceptors (Lipinski definition) is 14. The molecule has 344 valence electrons. The van der Waals surface area contributed by atoms with Gasteiger partial charge < -0.3 is 29.9 Å². The van der Waals surface area contributed by atoms with E-state index >= 15 is 0 Å². The molecule has 3 aromatic rings. The number of amides is 2. The number of anilines is 1. The van der Waals surface area contributed by atoms with Crippen molar-refractivity contribution in [3.8, 4) is 0 Å². The lowest BCUT2D eigenvalue weighted by molar-refractivity contribution is -0.126. The van der Waals surface area contributed by atoms with Crippen molar-refractivity contribution in [2.45, 2.75) is 111 Å². The molecule has 2 fully saturated rings. The number of nitrogens with zero attached hydrogens (tertiary/aromatic N) is 7. The molecule has 3 unspecified atom stereocenters. The Morgan fingerprint density at radius 1 is 0.828 bits per heavy atom. The van der Waals surface area contributed by atoms with Crippen LogP contribution in [0.4, 0.5) is 22.7 Å². The Hall–Kier alpha value is -5.68. The van der Waals surface area contributed by atoms with E-state index in [9.17, 15) is 14.4 Å². The first-order valence-electron chi connectivity index (χ1n) is 22.5. The average molecular weight is 879 g/mol. The third-order valence-corrected chi connectivity index (χ3v) is 11.5. The molecular formula is C48H66N10O6. The van der Waals surface area contributed by atoms with Gasteiger partial charge in [-0.1, -0.05) is 25.0 Å². The summed E-state index contributed by atoms with van der Waals surface area (Å²) in [5.74, 6) is -1.19. The van der Waals surface area contributed by atoms with E-state index < -0.39 is 17.7 Å². The number of nitrogens with one attached hydrogen (secondary N) is 3. The van der Waals surface area contributed by atoms with E-state index in [1.807, 2.05) is 38.1 Å². The van der Waals surface area contributed by atoms with Crippen LogP contribution in [0, 0.1) is 13.8 Å². The predicted octanol–water partition coefficient (Wildman–Crippen LogP) is 9.17. The van der Waals surface area contributed by atoms with Crippen molar-refractivity contribution in [1.29, 1.82) is 0 Å². The van der Waals surface area contributed by atoms with Crippen LogP contribution in [-0.4, -0.2) is 98.3 Å². The zero-order chi connectivity index (χ0) is 45.7. The number of likely N-dealkylation sites (tertiary alicyclic amines) is 2. The number of piperidine rings is 2. The van der Waals surface area contributed by atoms with E-state index in [1.165, 1.54) is 71.8 Å². The normalized spacial score (nSPS) is 18.1. The van der Waals surface area contributed by atoms with Gasteiger partial charge in [-0.25, -0.2) is 10.5 Å². The third-order valence-electron chi connectivity index (χ3n) is 11.5. The molecule has 0 radical (unpaired) electrons. The summed E-state index contributed by atoms with van der Waals surface area (Å²) in [6, 6.07) is 17.5. The molecule has 16 heteroatoms. The Morgan fingerprint density at radius 3 is 2.11 bits per heavy atom. The van der Waals surface area contributed by atoms with E-state index in [-0.39, 0.29) is 11.8 Å². The minimum absolute atomic E-state index is 0.0783. The van der Waals surface area contributed by atoms with Gasteiger partial charge in [0.1, 0.15) is 6.26 Å². The zero-order valence-corrected chi connectivity index (χ0v) is 38.3. The number of azo groups is 2. The number of aryl methyl sites for hydroxylation is 2. The first-order chi connectivity index (χ1) is 31.0. The maximum Gasteiger partial charge on any atom is 0.274 e. The Labute approximate surface area is 378 Å². The molecule has 3 aromatic carbocycles. The van der Waals surface area contributed by atoms with Crippen molar-refractivity contribution >= 4 is 46.7 Å². The van der Waals surface area contributed by atoms with Gasteiger partial charge in [0.2, 0.25) is 6.04 Å². The van der Waals surface area contributed by atoms with Crippen molar-refractivity contribution < 1.29 is 28.7 Å². The Morgan fingerprint density at radius 2 is 1.47 bits per heavy atom. The number of rotatable bonds is 23. The monoisotopic (exact) mass is 879 g/mol. The van der Waals surface area contributed by atoms with Crippen LogP contribution >= 0.6 is 0 Å². The average Bonchev–Trinajstić information content (AvgIpc) is 3.28. The quantitative estimate of drug-likeness (QED) is 0.0159. The summed E-state index contributed by atoms with van der Waals surface area (Å²) >= 11 is 0. The number of methoxy groups -OCH3 is 1. The number of hydrogen-bond donors (Lipinski definition) is 3. The number of benzene rings is 3. The topological polar surface area (TPSA) is 183 Å². The molecule has 0 saturated carbocycles. The molecule has 0 aromatic heterocycles. The number of aliphatic imine (C=N–C) groups is 1. The smallest absolute Gasteiger partial charge is 0.274 e. The predicted molar refractivity (Wildman–Crippen MR) is 249 cm³/mol. The largest absolute Gasteiger partial charge is 0.499 e. The summed E-state index contributed by atoms with van der Waals surface area (Å²) in [6.07, 6.45) is 12.1. The van der Waals surface area contributed by atoms with Crippen molar-refractivity contribution in [1.82, 2.24) is 20.6 Å². The molecule has 64 heavy (non-hydrogen) atoms. The molecule has 2 aliphatic heterocycles. The Balaban J connectivity index is 1.06. The van der Waals surface area contributed by atoms with Crippen LogP contribution in [0.25, 0.3) is 0 Å². The first kappa shape index (κ1) is 49.3. The molecule has 0 spiro atoms. The molecule has 2 amide bonds. The highest BCUT2D eigenvalue weighted by Crippen LogP contribution is 2.27. The maximum atomic E-state index is 13.3. The first-order valence-corrected chi connectivity index (χ1v) is 22.5. The zero-order valence-electron chi connectivity index (χ0n) is 38.3. The van der Waals surface area contributed by atoms with Gasteiger partial charge in [0.15, 0.2) is 12.2 Å². The highest BCUT2D eigenvalue weighted by atomic mass is 16.6. The van der Waals surface area contributed by atoms with Crippen LogP contribution < -0.4 is 16.1 Å². The lowest BCUT2D eigenvalue weighted by Crippen LogP contribution is -2.39. The van der Waals surface area contributed by atoms with Gasteiger partial charge in [-0.05, 0) is 158 Å². The standard InChI is InChI=1S/C48H66N10O6/c1-34-30-44(52-48(61)46(38(5)59)56-54-42-21-17-40(18-22-42)47(60)49-23-11-27-57-25-9-7-13-36(57)3)35(2)29-43(34)50-33-63-45(32-62-6)55-53-41-19-15-39(16-20-41)31-64-51-24-12-28-58-26-10-8-14-37(58)4/h15-22,29-30,32-33,36-37,46,51H,7-14,23-28,31H2,1-6H3,(H,49,60)(H,52,61). The molecule has 5 rings (SSSR count). The van der Waals surface area contributed by atoms with Gasteiger partial charge in [-0.3, -0.25) is 19.2 Å². The second-order valence-corrected chi connectivity index (χ2v) is 16.5. The van der Waals surface area contributed by atoms with Crippen LogP contribution in [-0.2, 0) is 30.5 Å². The van der Waals surface area contributed by atoms with Gasteiger partial charge in [0.05, 0.1) is 30.8 Å². The SMILES string of the molecule is COC=C(N=Nc1ccc(CONCCCN2CCCCC2C)cc1)OC=Nc1cc(C)c(NC(=O)C(N=Nc2ccc(C(=O)NCCCN3CCCCC3C)cc2)C(C)=O)cc1C. The third kappa shape index (κ3) is 16.1. The number of hydroxylamine groups is 1. The number of ketones is 1. The molecule has 3 N–H and O–H groups in total. The summed E-state index contributed by atoms with van der Waals surface area (Å²) in [5.41, 5.74) is 8.08. The fourth-order valence-electron chi connectivity index (χ4n) is 7.60. The minimum Gasteiger partial charge on any atom is -0.499 e. The lowest BCUT2D eigenvalue weighted by atomic mass is 10.0. The lowest BCUT2D eigenvalue weighted by Gasteiger charge is -2.33. The fraction of sp³-hybridized carbons (Fsp3) is 0.500. The van der Waals surface area contributed by atoms with Gasteiger partial charge >= 0.3 is 0 Å². The van der Waals surface area contributed by atoms with Crippen LogP contribution in [0.1, 0.15) is 99.2 Å². The molecular weight excluding hydrogens is 813 g/mol. The molecule has 3 atom stereocenters. The van der Waals surface area contributed by atoms with Gasteiger partial charge in [0.25, 0.3) is 17.7 Å². The molecule has 2 aliphatic rings. The van der Waals surface area contributed by atoms with Crippen LogP contribution in [0.3, 0.4) is 0 Å². The van der Waals surface area contributed by atoms with Gasteiger partial charge in [0, 0.05) is 43.0 Å². The number of ether oxygens (including phenoxy) is 2.